The zero-order chi connectivity index (χ0) is 16.8. The number of benzene rings is 1. The fraction of sp³-hybridized carbons (Fsp3) is 0.500. The van der Waals surface area contributed by atoms with Crippen molar-refractivity contribution in [1.29, 1.82) is 0 Å². The molecule has 1 aliphatic rings. The van der Waals surface area contributed by atoms with E-state index in [-0.39, 0.29) is 18.4 Å². The number of carbonyl (C=O) groups is 2. The molecule has 1 N–H and O–H groups in total. The molecule has 7 heteroatoms. The second kappa shape index (κ2) is 7.82. The molecule has 126 valence electrons. The molecule has 1 aromatic carbocycles. The lowest BCUT2D eigenvalue weighted by Crippen LogP contribution is -2.50. The summed E-state index contributed by atoms with van der Waals surface area (Å²) >= 11 is 0. The highest BCUT2D eigenvalue weighted by Crippen LogP contribution is 2.22. The van der Waals surface area contributed by atoms with E-state index < -0.39 is 0 Å². The fourth-order valence-corrected chi connectivity index (χ4v) is 2.36. The lowest BCUT2D eigenvalue weighted by atomic mass is 10.2. The number of amides is 2. The smallest absolute Gasteiger partial charge is 0.251 e. The Labute approximate surface area is 136 Å². The molecule has 23 heavy (non-hydrogen) atoms. The average molecular weight is 321 g/mol. The third-order valence-corrected chi connectivity index (χ3v) is 3.87. The molecule has 0 radical (unpaired) electrons. The summed E-state index contributed by atoms with van der Waals surface area (Å²) in [7, 11) is 5.07. The van der Waals surface area contributed by atoms with Crippen LogP contribution < -0.4 is 14.8 Å². The Hall–Kier alpha value is -2.28. The molecule has 0 saturated carbocycles. The number of nitrogens with zero attached hydrogens (tertiary/aromatic N) is 2. The fourth-order valence-electron chi connectivity index (χ4n) is 2.36. The van der Waals surface area contributed by atoms with Gasteiger partial charge in [0, 0.05) is 37.8 Å². The van der Waals surface area contributed by atoms with E-state index in [9.17, 15) is 9.59 Å². The molecule has 2 amide bonds. The summed E-state index contributed by atoms with van der Waals surface area (Å²) in [5.74, 6) is 0.658. The van der Waals surface area contributed by atoms with Crippen LogP contribution in [0, 0.1) is 0 Å². The number of hydrogen-bond donors (Lipinski definition) is 1. The van der Waals surface area contributed by atoms with Gasteiger partial charge in [0.1, 0.15) is 11.5 Å². The van der Waals surface area contributed by atoms with E-state index in [4.69, 9.17) is 9.47 Å². The van der Waals surface area contributed by atoms with Crippen molar-refractivity contribution in [2.75, 3.05) is 54.0 Å². The van der Waals surface area contributed by atoms with Gasteiger partial charge >= 0.3 is 0 Å². The van der Waals surface area contributed by atoms with Gasteiger partial charge in [-0.05, 0) is 19.2 Å². The predicted octanol–water partition coefficient (Wildman–Crippen LogP) is 0.208. The van der Waals surface area contributed by atoms with Crippen molar-refractivity contribution < 1.29 is 19.1 Å². The minimum Gasteiger partial charge on any atom is -0.497 e. The molecular weight excluding hydrogens is 298 g/mol. The SMILES string of the molecule is COc1cc(OC)cc(C(=O)NCC(=O)N2CCN(C)CC2)c1. The molecular formula is C16H23N3O4. The van der Waals surface area contributed by atoms with Crippen LogP contribution in [0.15, 0.2) is 18.2 Å². The number of hydrogen-bond acceptors (Lipinski definition) is 5. The third kappa shape index (κ3) is 4.59. The van der Waals surface area contributed by atoms with Crippen molar-refractivity contribution in [2.45, 2.75) is 0 Å². The van der Waals surface area contributed by atoms with Gasteiger partial charge in [0.15, 0.2) is 0 Å². The molecule has 1 aliphatic heterocycles. The van der Waals surface area contributed by atoms with Crippen LogP contribution in [0.3, 0.4) is 0 Å². The van der Waals surface area contributed by atoms with Crippen LogP contribution in [0.2, 0.25) is 0 Å². The molecule has 0 atom stereocenters. The van der Waals surface area contributed by atoms with Crippen molar-refractivity contribution in [2.24, 2.45) is 0 Å². The second-order valence-electron chi connectivity index (χ2n) is 5.47. The maximum absolute atomic E-state index is 12.2. The number of ether oxygens (including phenoxy) is 2. The molecule has 0 spiro atoms. The Kier molecular flexibility index (Phi) is 5.81. The van der Waals surface area contributed by atoms with E-state index in [0.29, 0.717) is 30.2 Å². The van der Waals surface area contributed by atoms with E-state index in [1.165, 1.54) is 14.2 Å². The number of nitrogens with one attached hydrogen (secondary N) is 1. The molecule has 7 nitrogen and oxygen atoms in total. The molecule has 1 heterocycles. The number of rotatable bonds is 5. The summed E-state index contributed by atoms with van der Waals surface area (Å²) in [6.07, 6.45) is 0. The summed E-state index contributed by atoms with van der Waals surface area (Å²) in [6.45, 7) is 3.08. The van der Waals surface area contributed by atoms with E-state index in [1.807, 2.05) is 7.05 Å². The van der Waals surface area contributed by atoms with Gasteiger partial charge < -0.3 is 24.6 Å². The van der Waals surface area contributed by atoms with E-state index >= 15 is 0 Å². The number of piperazine rings is 1. The summed E-state index contributed by atoms with van der Waals surface area (Å²) in [4.78, 5) is 28.3. The number of carbonyl (C=O) groups excluding carboxylic acids is 2. The molecule has 0 aromatic heterocycles. The first kappa shape index (κ1) is 17.1. The van der Waals surface area contributed by atoms with Crippen LogP contribution in [0.1, 0.15) is 10.4 Å². The Morgan fingerprint density at radius 2 is 1.61 bits per heavy atom. The molecule has 1 saturated heterocycles. The van der Waals surface area contributed by atoms with Gasteiger partial charge in [-0.1, -0.05) is 0 Å². The highest BCUT2D eigenvalue weighted by Gasteiger charge is 2.19. The minimum atomic E-state index is -0.329. The minimum absolute atomic E-state index is 0.0118. The van der Waals surface area contributed by atoms with Crippen LogP contribution in [-0.2, 0) is 4.79 Å². The van der Waals surface area contributed by atoms with Gasteiger partial charge in [0.25, 0.3) is 5.91 Å². The summed E-state index contributed by atoms with van der Waals surface area (Å²) in [5.41, 5.74) is 0.396. The normalized spacial score (nSPS) is 15.2. The predicted molar refractivity (Wildman–Crippen MR) is 86.0 cm³/mol. The Morgan fingerprint density at radius 3 is 2.13 bits per heavy atom. The van der Waals surface area contributed by atoms with Crippen molar-refractivity contribution >= 4 is 11.8 Å². The van der Waals surface area contributed by atoms with E-state index in [0.717, 1.165) is 13.1 Å². The monoisotopic (exact) mass is 321 g/mol. The number of methoxy groups -OCH3 is 2. The van der Waals surface area contributed by atoms with Crippen LogP contribution in [0.5, 0.6) is 11.5 Å². The maximum atomic E-state index is 12.2. The second-order valence-corrected chi connectivity index (χ2v) is 5.47. The topological polar surface area (TPSA) is 71.1 Å². The summed E-state index contributed by atoms with van der Waals surface area (Å²) < 4.78 is 10.3. The van der Waals surface area contributed by atoms with Crippen LogP contribution in [0.25, 0.3) is 0 Å². The van der Waals surface area contributed by atoms with Crippen molar-refractivity contribution in [3.63, 3.8) is 0 Å². The van der Waals surface area contributed by atoms with E-state index in [1.54, 1.807) is 23.1 Å². The highest BCUT2D eigenvalue weighted by atomic mass is 16.5. The molecule has 1 aromatic rings. The Balaban J connectivity index is 1.93. The van der Waals surface area contributed by atoms with Gasteiger partial charge in [-0.3, -0.25) is 9.59 Å². The largest absolute Gasteiger partial charge is 0.497 e. The molecule has 0 unspecified atom stereocenters. The molecule has 1 fully saturated rings. The van der Waals surface area contributed by atoms with Crippen molar-refractivity contribution in [1.82, 2.24) is 15.1 Å². The zero-order valence-electron chi connectivity index (χ0n) is 13.8. The zero-order valence-corrected chi connectivity index (χ0v) is 13.8. The first-order valence-corrected chi connectivity index (χ1v) is 7.51. The standard InChI is InChI=1S/C16H23N3O4/c1-18-4-6-19(7-5-18)15(20)11-17-16(21)12-8-13(22-2)10-14(9-12)23-3/h8-10H,4-7,11H2,1-3H3,(H,17,21). The lowest BCUT2D eigenvalue weighted by Gasteiger charge is -2.32. The summed E-state index contributed by atoms with van der Waals surface area (Å²) in [5, 5.41) is 2.65. The van der Waals surface area contributed by atoms with Crippen LogP contribution >= 0.6 is 0 Å². The molecule has 0 aliphatic carbocycles. The third-order valence-electron chi connectivity index (χ3n) is 3.87. The van der Waals surface area contributed by atoms with Crippen molar-refractivity contribution in [3.8, 4) is 11.5 Å². The lowest BCUT2D eigenvalue weighted by molar-refractivity contribution is -0.131. The van der Waals surface area contributed by atoms with E-state index in [2.05, 4.69) is 10.2 Å². The highest BCUT2D eigenvalue weighted by molar-refractivity contribution is 5.97. The Morgan fingerprint density at radius 1 is 1.04 bits per heavy atom. The quantitative estimate of drug-likeness (QED) is 0.839. The van der Waals surface area contributed by atoms with Gasteiger partial charge in [0.2, 0.25) is 5.91 Å². The van der Waals surface area contributed by atoms with Crippen LogP contribution in [0.4, 0.5) is 0 Å². The van der Waals surface area contributed by atoms with Gasteiger partial charge in [-0.2, -0.15) is 0 Å². The van der Waals surface area contributed by atoms with Crippen molar-refractivity contribution in [3.05, 3.63) is 23.8 Å². The maximum Gasteiger partial charge on any atom is 0.251 e. The molecule has 2 rings (SSSR count). The average Bonchev–Trinajstić information content (AvgIpc) is 2.59. The van der Waals surface area contributed by atoms with Gasteiger partial charge in [-0.15, -0.1) is 0 Å². The van der Waals surface area contributed by atoms with Gasteiger partial charge in [0.05, 0.1) is 20.8 Å². The Bertz CT molecular complexity index is 546. The first-order chi connectivity index (χ1) is 11.0. The van der Waals surface area contributed by atoms with Crippen LogP contribution in [-0.4, -0.2) is 75.6 Å². The number of likely N-dealkylation sites (N-methyl/N-ethyl adjacent to an activating group) is 1. The van der Waals surface area contributed by atoms with Gasteiger partial charge in [-0.25, -0.2) is 0 Å². The summed E-state index contributed by atoms with van der Waals surface area (Å²) in [6, 6.07) is 4.91. The molecule has 0 bridgehead atoms. The first-order valence-electron chi connectivity index (χ1n) is 7.51.